The standard InChI is InChI=1S/C12H17NO4S/c1-12(7-8-12)13(18(14,15)16)9-10-3-5-11(17-2)6-4-10/h3-6H,7-9H2,1-2H3,(H,14,15,16). The molecule has 0 bridgehead atoms. The van der Waals surface area contributed by atoms with Crippen LogP contribution in [0.1, 0.15) is 25.3 Å². The van der Waals surface area contributed by atoms with Crippen LogP contribution in [0.3, 0.4) is 0 Å². The second-order valence-electron chi connectivity index (χ2n) is 4.83. The number of ether oxygens (including phenoxy) is 1. The lowest BCUT2D eigenvalue weighted by Crippen LogP contribution is -2.39. The van der Waals surface area contributed by atoms with Crippen LogP contribution in [0.5, 0.6) is 5.75 Å². The molecule has 0 unspecified atom stereocenters. The highest BCUT2D eigenvalue weighted by Crippen LogP contribution is 2.43. The van der Waals surface area contributed by atoms with Gasteiger partial charge in [0.05, 0.1) is 7.11 Å². The van der Waals surface area contributed by atoms with Crippen molar-refractivity contribution in [3.05, 3.63) is 29.8 Å². The van der Waals surface area contributed by atoms with E-state index in [1.54, 1.807) is 31.4 Å². The topological polar surface area (TPSA) is 66.8 Å². The van der Waals surface area contributed by atoms with E-state index in [-0.39, 0.29) is 6.54 Å². The van der Waals surface area contributed by atoms with Crippen LogP contribution in [0.2, 0.25) is 0 Å². The molecule has 1 fully saturated rings. The molecule has 0 saturated heterocycles. The number of hydrogen-bond donors (Lipinski definition) is 1. The molecule has 100 valence electrons. The summed E-state index contributed by atoms with van der Waals surface area (Å²) in [4.78, 5) is 0. The van der Waals surface area contributed by atoms with Gasteiger partial charge in [0.15, 0.2) is 0 Å². The van der Waals surface area contributed by atoms with Gasteiger partial charge in [-0.05, 0) is 37.5 Å². The molecular weight excluding hydrogens is 254 g/mol. The number of benzene rings is 1. The van der Waals surface area contributed by atoms with Crippen LogP contribution < -0.4 is 4.74 Å². The fourth-order valence-electron chi connectivity index (χ4n) is 1.88. The van der Waals surface area contributed by atoms with Gasteiger partial charge in [0.2, 0.25) is 0 Å². The monoisotopic (exact) mass is 271 g/mol. The minimum atomic E-state index is -4.17. The maximum absolute atomic E-state index is 11.4. The van der Waals surface area contributed by atoms with Gasteiger partial charge in [0.25, 0.3) is 0 Å². The Bertz CT molecular complexity index is 520. The fraction of sp³-hybridized carbons (Fsp3) is 0.500. The van der Waals surface area contributed by atoms with E-state index in [0.29, 0.717) is 0 Å². The summed E-state index contributed by atoms with van der Waals surface area (Å²) < 4.78 is 38.3. The van der Waals surface area contributed by atoms with Gasteiger partial charge in [0, 0.05) is 12.1 Å². The first kappa shape index (κ1) is 13.3. The maximum Gasteiger partial charge on any atom is 0.336 e. The van der Waals surface area contributed by atoms with E-state index in [2.05, 4.69) is 0 Å². The summed E-state index contributed by atoms with van der Waals surface area (Å²) in [7, 11) is -2.60. The number of methoxy groups -OCH3 is 1. The van der Waals surface area contributed by atoms with Crippen molar-refractivity contribution in [3.63, 3.8) is 0 Å². The zero-order valence-corrected chi connectivity index (χ0v) is 11.3. The number of hydrogen-bond acceptors (Lipinski definition) is 3. The molecule has 0 aliphatic heterocycles. The molecule has 1 aliphatic carbocycles. The molecule has 1 saturated carbocycles. The Morgan fingerprint density at radius 1 is 1.33 bits per heavy atom. The second-order valence-corrected chi connectivity index (χ2v) is 6.17. The molecule has 1 N–H and O–H groups in total. The Morgan fingerprint density at radius 2 is 1.89 bits per heavy atom. The van der Waals surface area contributed by atoms with Crippen molar-refractivity contribution >= 4 is 10.3 Å². The van der Waals surface area contributed by atoms with Gasteiger partial charge in [-0.25, -0.2) is 0 Å². The molecule has 0 spiro atoms. The SMILES string of the molecule is COc1ccc(CN(C2(C)CC2)S(=O)(=O)O)cc1. The van der Waals surface area contributed by atoms with Gasteiger partial charge >= 0.3 is 10.3 Å². The average Bonchev–Trinajstić information content (AvgIpc) is 3.04. The molecule has 1 aromatic carbocycles. The lowest BCUT2D eigenvalue weighted by Gasteiger charge is -2.25. The zero-order chi connectivity index (χ0) is 13.4. The smallest absolute Gasteiger partial charge is 0.336 e. The van der Waals surface area contributed by atoms with E-state index < -0.39 is 15.8 Å². The van der Waals surface area contributed by atoms with Crippen molar-refractivity contribution < 1.29 is 17.7 Å². The van der Waals surface area contributed by atoms with Crippen molar-refractivity contribution in [1.82, 2.24) is 4.31 Å². The molecule has 0 heterocycles. The minimum absolute atomic E-state index is 0.180. The van der Waals surface area contributed by atoms with Crippen molar-refractivity contribution in [2.24, 2.45) is 0 Å². The summed E-state index contributed by atoms with van der Waals surface area (Å²) in [6.07, 6.45) is 1.56. The lowest BCUT2D eigenvalue weighted by molar-refractivity contribution is 0.276. The quantitative estimate of drug-likeness (QED) is 0.830. The molecule has 1 aromatic rings. The zero-order valence-electron chi connectivity index (χ0n) is 10.5. The lowest BCUT2D eigenvalue weighted by atomic mass is 10.2. The Balaban J connectivity index is 2.19. The maximum atomic E-state index is 11.4. The summed E-state index contributed by atoms with van der Waals surface area (Å²) in [6.45, 7) is 2.02. The normalized spacial score (nSPS) is 17.8. The van der Waals surface area contributed by atoms with Gasteiger partial charge in [-0.15, -0.1) is 0 Å². The van der Waals surface area contributed by atoms with Crippen molar-refractivity contribution in [3.8, 4) is 5.75 Å². The van der Waals surface area contributed by atoms with E-state index in [0.717, 1.165) is 28.5 Å². The van der Waals surface area contributed by atoms with Crippen LogP contribution in [-0.4, -0.2) is 29.9 Å². The van der Waals surface area contributed by atoms with Crippen LogP contribution in [0.15, 0.2) is 24.3 Å². The second kappa shape index (κ2) is 4.53. The first-order chi connectivity index (χ1) is 8.35. The Morgan fingerprint density at radius 3 is 2.28 bits per heavy atom. The highest BCUT2D eigenvalue weighted by Gasteiger charge is 2.48. The summed E-state index contributed by atoms with van der Waals surface area (Å²) in [5.41, 5.74) is 0.384. The third kappa shape index (κ3) is 2.82. The minimum Gasteiger partial charge on any atom is -0.497 e. The molecule has 0 atom stereocenters. The molecule has 5 nitrogen and oxygen atoms in total. The third-order valence-electron chi connectivity index (χ3n) is 3.34. The molecule has 0 aromatic heterocycles. The molecule has 0 radical (unpaired) electrons. The van der Waals surface area contributed by atoms with Gasteiger partial charge in [-0.2, -0.15) is 12.7 Å². The van der Waals surface area contributed by atoms with Crippen molar-refractivity contribution in [1.29, 1.82) is 0 Å². The van der Waals surface area contributed by atoms with Gasteiger partial charge in [0.1, 0.15) is 5.75 Å². The van der Waals surface area contributed by atoms with Crippen LogP contribution in [-0.2, 0) is 16.8 Å². The summed E-state index contributed by atoms with van der Waals surface area (Å²) in [6, 6.07) is 7.13. The third-order valence-corrected chi connectivity index (χ3v) is 4.47. The van der Waals surface area contributed by atoms with E-state index in [9.17, 15) is 13.0 Å². The van der Waals surface area contributed by atoms with E-state index in [1.807, 2.05) is 6.92 Å². The molecular formula is C12H17NO4S. The van der Waals surface area contributed by atoms with Crippen LogP contribution in [0.25, 0.3) is 0 Å². The van der Waals surface area contributed by atoms with E-state index in [4.69, 9.17) is 4.74 Å². The van der Waals surface area contributed by atoms with Crippen LogP contribution in [0, 0.1) is 0 Å². The van der Waals surface area contributed by atoms with Crippen LogP contribution in [0.4, 0.5) is 0 Å². The Kier molecular flexibility index (Phi) is 3.35. The Labute approximate surface area is 107 Å². The first-order valence-electron chi connectivity index (χ1n) is 5.73. The van der Waals surface area contributed by atoms with Gasteiger partial charge in [-0.1, -0.05) is 12.1 Å². The highest BCUT2D eigenvalue weighted by atomic mass is 32.2. The molecule has 0 amide bonds. The summed E-state index contributed by atoms with van der Waals surface area (Å²) in [5, 5.41) is 0. The Hall–Kier alpha value is -1.11. The molecule has 2 rings (SSSR count). The number of rotatable bonds is 5. The highest BCUT2D eigenvalue weighted by molar-refractivity contribution is 7.83. The average molecular weight is 271 g/mol. The molecule has 6 heteroatoms. The number of nitrogens with zero attached hydrogens (tertiary/aromatic N) is 1. The molecule has 1 aliphatic rings. The first-order valence-corrected chi connectivity index (χ1v) is 7.13. The van der Waals surface area contributed by atoms with E-state index >= 15 is 0 Å². The fourth-order valence-corrected chi connectivity index (χ4v) is 2.93. The summed E-state index contributed by atoms with van der Waals surface area (Å²) >= 11 is 0. The van der Waals surface area contributed by atoms with Gasteiger partial charge in [-0.3, -0.25) is 4.55 Å². The van der Waals surface area contributed by atoms with Crippen molar-refractivity contribution in [2.75, 3.05) is 7.11 Å². The largest absolute Gasteiger partial charge is 0.497 e. The van der Waals surface area contributed by atoms with Crippen molar-refractivity contribution in [2.45, 2.75) is 31.8 Å². The predicted molar refractivity (Wildman–Crippen MR) is 67.7 cm³/mol. The van der Waals surface area contributed by atoms with Gasteiger partial charge < -0.3 is 4.74 Å². The molecule has 18 heavy (non-hydrogen) atoms. The summed E-state index contributed by atoms with van der Waals surface area (Å²) in [5.74, 6) is 0.717. The van der Waals surface area contributed by atoms with Crippen LogP contribution >= 0.6 is 0 Å². The van der Waals surface area contributed by atoms with E-state index in [1.165, 1.54) is 0 Å². The predicted octanol–water partition coefficient (Wildman–Crippen LogP) is 1.85.